The maximum Gasteiger partial charge on any atom is 0.224 e. The van der Waals surface area contributed by atoms with Gasteiger partial charge in [0.15, 0.2) is 0 Å². The minimum atomic E-state index is -1.24. The summed E-state index contributed by atoms with van der Waals surface area (Å²) in [5, 5.41) is 17.8. The number of hydrogen-bond acceptors (Lipinski definition) is 4. The highest BCUT2D eigenvalue weighted by Gasteiger charge is 2.27. The highest BCUT2D eigenvalue weighted by molar-refractivity contribution is 5.79. The Labute approximate surface area is 149 Å². The van der Waals surface area contributed by atoms with Gasteiger partial charge in [-0.15, -0.1) is 0 Å². The Morgan fingerprint density at radius 2 is 2.04 bits per heavy atom. The number of hydrogen-bond donors (Lipinski definition) is 2. The van der Waals surface area contributed by atoms with E-state index in [9.17, 15) is 9.90 Å². The molecular weight excluding hydrogens is 318 g/mol. The third kappa shape index (κ3) is 4.72. The van der Waals surface area contributed by atoms with Crippen LogP contribution in [0.2, 0.25) is 0 Å². The van der Waals surface area contributed by atoms with Crippen LogP contribution in [0.4, 0.5) is 0 Å². The predicted octanol–water partition coefficient (Wildman–Crippen LogP) is 2.62. The number of aryl methyl sites for hydroxylation is 2. The number of furan rings is 1. The van der Waals surface area contributed by atoms with Gasteiger partial charge in [-0.05, 0) is 45.7 Å². The Bertz CT molecular complexity index is 741. The van der Waals surface area contributed by atoms with Crippen molar-refractivity contribution in [1.82, 2.24) is 15.1 Å². The molecule has 0 bridgehead atoms. The van der Waals surface area contributed by atoms with E-state index < -0.39 is 5.60 Å². The van der Waals surface area contributed by atoms with Gasteiger partial charge in [-0.3, -0.25) is 9.48 Å². The Kier molecular flexibility index (Phi) is 5.72. The van der Waals surface area contributed by atoms with Crippen LogP contribution in [-0.4, -0.2) is 27.3 Å². The zero-order chi connectivity index (χ0) is 18.8. The molecule has 0 spiro atoms. The second kappa shape index (κ2) is 7.44. The van der Waals surface area contributed by atoms with Crippen molar-refractivity contribution in [3.63, 3.8) is 0 Å². The molecule has 0 saturated heterocycles. The lowest BCUT2D eigenvalue weighted by molar-refractivity contribution is -0.121. The quantitative estimate of drug-likeness (QED) is 0.807. The fraction of sp³-hybridized carbons (Fsp3) is 0.579. The van der Waals surface area contributed by atoms with E-state index in [1.165, 1.54) is 0 Å². The van der Waals surface area contributed by atoms with Gasteiger partial charge in [0.25, 0.3) is 0 Å². The third-order valence-corrected chi connectivity index (χ3v) is 4.31. The number of carbonyl (C=O) groups excluding carboxylic acids is 1. The Balaban J connectivity index is 2.00. The van der Waals surface area contributed by atoms with E-state index >= 15 is 0 Å². The lowest BCUT2D eigenvalue weighted by Gasteiger charge is -2.21. The second-order valence-electron chi connectivity index (χ2n) is 7.36. The van der Waals surface area contributed by atoms with Crippen molar-refractivity contribution in [2.75, 3.05) is 6.54 Å². The molecular formula is C19H29N3O3. The summed E-state index contributed by atoms with van der Waals surface area (Å²) < 4.78 is 7.43. The van der Waals surface area contributed by atoms with Crippen molar-refractivity contribution in [3.8, 4) is 0 Å². The summed E-state index contributed by atoms with van der Waals surface area (Å²) >= 11 is 0. The summed E-state index contributed by atoms with van der Waals surface area (Å²) in [6.07, 6.45) is 0.253. The topological polar surface area (TPSA) is 80.3 Å². The number of rotatable bonds is 7. The van der Waals surface area contributed by atoms with Gasteiger partial charge in [0.1, 0.15) is 17.1 Å². The van der Waals surface area contributed by atoms with Gasteiger partial charge in [0, 0.05) is 17.8 Å². The summed E-state index contributed by atoms with van der Waals surface area (Å²) in [6.45, 7) is 12.6. The van der Waals surface area contributed by atoms with Crippen LogP contribution >= 0.6 is 0 Å². The molecule has 1 amide bonds. The zero-order valence-corrected chi connectivity index (χ0v) is 16.0. The molecule has 0 radical (unpaired) electrons. The number of amides is 1. The van der Waals surface area contributed by atoms with Crippen molar-refractivity contribution in [2.24, 2.45) is 5.92 Å². The van der Waals surface area contributed by atoms with E-state index in [4.69, 9.17) is 4.42 Å². The monoisotopic (exact) mass is 347 g/mol. The number of carbonyl (C=O) groups is 1. The van der Waals surface area contributed by atoms with Crippen LogP contribution in [-0.2, 0) is 23.4 Å². The lowest BCUT2D eigenvalue weighted by atomic mass is 10.0. The number of nitrogens with one attached hydrogen (secondary N) is 1. The molecule has 2 aromatic heterocycles. The molecule has 0 saturated carbocycles. The van der Waals surface area contributed by atoms with Crippen LogP contribution in [0, 0.1) is 26.7 Å². The van der Waals surface area contributed by atoms with Gasteiger partial charge in [-0.2, -0.15) is 5.10 Å². The molecule has 2 heterocycles. The third-order valence-electron chi connectivity index (χ3n) is 4.31. The standard InChI is InChI=1S/C19H29N3O3/c1-12(2)10-22-15(5)16(14(4)21-22)9-18(23)20-11-19(6,24)17-8-7-13(3)25-17/h7-8,12,24H,9-11H2,1-6H3,(H,20,23). The van der Waals surface area contributed by atoms with Gasteiger partial charge in [-0.1, -0.05) is 13.8 Å². The molecule has 0 aliphatic carbocycles. The van der Waals surface area contributed by atoms with E-state index in [0.29, 0.717) is 11.7 Å². The molecule has 2 aromatic rings. The number of nitrogens with zero attached hydrogens (tertiary/aromatic N) is 2. The molecule has 0 aliphatic rings. The Morgan fingerprint density at radius 1 is 1.36 bits per heavy atom. The molecule has 1 atom stereocenters. The van der Waals surface area contributed by atoms with Crippen LogP contribution in [0.3, 0.4) is 0 Å². The van der Waals surface area contributed by atoms with Crippen molar-refractivity contribution >= 4 is 5.91 Å². The predicted molar refractivity (Wildman–Crippen MR) is 96.3 cm³/mol. The van der Waals surface area contributed by atoms with E-state index in [-0.39, 0.29) is 18.9 Å². The normalized spacial score (nSPS) is 13.9. The van der Waals surface area contributed by atoms with Crippen LogP contribution < -0.4 is 5.32 Å². The van der Waals surface area contributed by atoms with Gasteiger partial charge >= 0.3 is 0 Å². The number of aromatic nitrogens is 2. The largest absolute Gasteiger partial charge is 0.463 e. The zero-order valence-electron chi connectivity index (χ0n) is 16.0. The molecule has 25 heavy (non-hydrogen) atoms. The summed E-state index contributed by atoms with van der Waals surface area (Å²) in [4.78, 5) is 12.3. The molecule has 1 unspecified atom stereocenters. The Hall–Kier alpha value is -2.08. The van der Waals surface area contributed by atoms with Crippen LogP contribution in [0.5, 0.6) is 0 Å². The van der Waals surface area contributed by atoms with Gasteiger partial charge < -0.3 is 14.8 Å². The van der Waals surface area contributed by atoms with E-state index in [1.807, 2.05) is 25.5 Å². The van der Waals surface area contributed by atoms with Crippen molar-refractivity contribution in [2.45, 2.75) is 60.1 Å². The summed E-state index contributed by atoms with van der Waals surface area (Å²) in [6, 6.07) is 3.52. The average molecular weight is 347 g/mol. The Morgan fingerprint density at radius 3 is 2.60 bits per heavy atom. The first-order valence-electron chi connectivity index (χ1n) is 8.69. The molecule has 2 rings (SSSR count). The van der Waals surface area contributed by atoms with Crippen molar-refractivity contribution in [3.05, 3.63) is 40.6 Å². The first-order chi connectivity index (χ1) is 11.6. The first kappa shape index (κ1) is 19.2. The maximum atomic E-state index is 12.3. The molecule has 6 nitrogen and oxygen atoms in total. The van der Waals surface area contributed by atoms with Crippen LogP contribution in [0.25, 0.3) is 0 Å². The second-order valence-corrected chi connectivity index (χ2v) is 7.36. The summed E-state index contributed by atoms with van der Waals surface area (Å²) in [5.74, 6) is 1.53. The van der Waals surface area contributed by atoms with Crippen LogP contribution in [0.15, 0.2) is 16.5 Å². The summed E-state index contributed by atoms with van der Waals surface area (Å²) in [7, 11) is 0. The van der Waals surface area contributed by atoms with E-state index in [1.54, 1.807) is 19.1 Å². The average Bonchev–Trinajstić information content (AvgIpc) is 3.05. The highest BCUT2D eigenvalue weighted by atomic mass is 16.4. The molecule has 0 fully saturated rings. The minimum absolute atomic E-state index is 0.0943. The molecule has 0 aliphatic heterocycles. The molecule has 6 heteroatoms. The SMILES string of the molecule is Cc1ccc(C(C)(O)CNC(=O)Cc2c(C)nn(CC(C)C)c2C)o1. The lowest BCUT2D eigenvalue weighted by Crippen LogP contribution is -2.39. The summed E-state index contributed by atoms with van der Waals surface area (Å²) in [5.41, 5.74) is 1.61. The van der Waals surface area contributed by atoms with Gasteiger partial charge in [0.2, 0.25) is 5.91 Å². The molecule has 138 valence electrons. The fourth-order valence-electron chi connectivity index (χ4n) is 2.82. The first-order valence-corrected chi connectivity index (χ1v) is 8.69. The fourth-order valence-corrected chi connectivity index (χ4v) is 2.82. The smallest absolute Gasteiger partial charge is 0.224 e. The number of aliphatic hydroxyl groups is 1. The maximum absolute atomic E-state index is 12.3. The van der Waals surface area contributed by atoms with E-state index in [2.05, 4.69) is 24.3 Å². The highest BCUT2D eigenvalue weighted by Crippen LogP contribution is 2.22. The van der Waals surface area contributed by atoms with Gasteiger partial charge in [0.05, 0.1) is 18.7 Å². The molecule has 0 aromatic carbocycles. The van der Waals surface area contributed by atoms with E-state index in [0.717, 1.165) is 29.3 Å². The molecule has 2 N–H and O–H groups in total. The van der Waals surface area contributed by atoms with Crippen LogP contribution in [0.1, 0.15) is 49.2 Å². The van der Waals surface area contributed by atoms with Gasteiger partial charge in [-0.25, -0.2) is 0 Å². The minimum Gasteiger partial charge on any atom is -0.463 e. The van der Waals surface area contributed by atoms with Crippen molar-refractivity contribution < 1.29 is 14.3 Å². The van der Waals surface area contributed by atoms with Crippen molar-refractivity contribution in [1.29, 1.82) is 0 Å².